The van der Waals surface area contributed by atoms with E-state index in [1.165, 1.54) is 18.2 Å². The number of benzene rings is 2. The second kappa shape index (κ2) is 6.05. The molecule has 2 aromatic carbocycles. The minimum atomic E-state index is -4.78. The van der Waals surface area contributed by atoms with Crippen molar-refractivity contribution in [1.29, 1.82) is 0 Å². The summed E-state index contributed by atoms with van der Waals surface area (Å²) in [6.07, 6.45) is -4.78. The predicted octanol–water partition coefficient (Wildman–Crippen LogP) is 4.14. The lowest BCUT2D eigenvalue weighted by Gasteiger charge is -2.15. The lowest BCUT2D eigenvalue weighted by Crippen LogP contribution is -2.17. The molecule has 0 aromatic heterocycles. The predicted molar refractivity (Wildman–Crippen MR) is 72.3 cm³/mol. The van der Waals surface area contributed by atoms with Gasteiger partial charge in [0, 0.05) is 12.1 Å². The number of nitrogens with two attached hydrogens (primary N) is 1. The Labute approximate surface area is 120 Å². The number of hydrogen-bond donors (Lipinski definition) is 1. The molecule has 0 radical (unpaired) electrons. The fourth-order valence-electron chi connectivity index (χ4n) is 1.79. The number of alkyl halides is 3. The molecule has 0 saturated carbocycles. The van der Waals surface area contributed by atoms with Crippen LogP contribution in [-0.2, 0) is 6.54 Å². The summed E-state index contributed by atoms with van der Waals surface area (Å²) in [7, 11) is 0. The first-order valence-corrected chi connectivity index (χ1v) is 6.21. The van der Waals surface area contributed by atoms with Crippen molar-refractivity contribution in [2.75, 3.05) is 0 Å². The van der Waals surface area contributed by atoms with Crippen LogP contribution in [0.15, 0.2) is 42.5 Å². The summed E-state index contributed by atoms with van der Waals surface area (Å²) in [5, 5.41) is 0. The van der Waals surface area contributed by atoms with E-state index in [1.807, 2.05) is 13.0 Å². The minimum Gasteiger partial charge on any atom is -0.453 e. The molecule has 2 rings (SSSR count). The lowest BCUT2D eigenvalue weighted by molar-refractivity contribution is -0.275. The zero-order valence-corrected chi connectivity index (χ0v) is 11.3. The first-order valence-electron chi connectivity index (χ1n) is 6.21. The Bertz CT molecular complexity index is 627. The molecule has 21 heavy (non-hydrogen) atoms. The van der Waals surface area contributed by atoms with Gasteiger partial charge in [-0.05, 0) is 30.7 Å². The largest absolute Gasteiger partial charge is 0.573 e. The zero-order chi connectivity index (χ0) is 15.5. The van der Waals surface area contributed by atoms with Crippen LogP contribution in [0.5, 0.6) is 17.2 Å². The van der Waals surface area contributed by atoms with Crippen LogP contribution in [-0.4, -0.2) is 6.36 Å². The van der Waals surface area contributed by atoms with Gasteiger partial charge in [-0.25, -0.2) is 0 Å². The highest BCUT2D eigenvalue weighted by Gasteiger charge is 2.32. The van der Waals surface area contributed by atoms with Crippen LogP contribution in [0.25, 0.3) is 0 Å². The van der Waals surface area contributed by atoms with Crippen molar-refractivity contribution in [2.24, 2.45) is 5.73 Å². The smallest absolute Gasteiger partial charge is 0.453 e. The first-order chi connectivity index (χ1) is 9.89. The SMILES string of the molecule is Cc1ccc(CN)c(Oc2ccccc2OC(F)(F)F)c1. The molecule has 112 valence electrons. The molecule has 0 aliphatic carbocycles. The van der Waals surface area contributed by atoms with Crippen LogP contribution in [0.3, 0.4) is 0 Å². The molecule has 3 nitrogen and oxygen atoms in total. The maximum absolute atomic E-state index is 12.4. The van der Waals surface area contributed by atoms with Gasteiger partial charge in [-0.1, -0.05) is 24.3 Å². The van der Waals surface area contributed by atoms with Crippen LogP contribution in [0.1, 0.15) is 11.1 Å². The first kappa shape index (κ1) is 15.2. The van der Waals surface area contributed by atoms with Crippen molar-refractivity contribution >= 4 is 0 Å². The highest BCUT2D eigenvalue weighted by atomic mass is 19.4. The molecule has 0 unspecified atom stereocenters. The van der Waals surface area contributed by atoms with Gasteiger partial charge in [0.1, 0.15) is 5.75 Å². The Morgan fingerprint density at radius 1 is 1.00 bits per heavy atom. The Morgan fingerprint density at radius 2 is 1.67 bits per heavy atom. The Morgan fingerprint density at radius 3 is 2.29 bits per heavy atom. The summed E-state index contributed by atoms with van der Waals surface area (Å²) in [6.45, 7) is 2.07. The molecular weight excluding hydrogens is 283 g/mol. The summed E-state index contributed by atoms with van der Waals surface area (Å²) in [4.78, 5) is 0. The van der Waals surface area contributed by atoms with E-state index in [0.717, 1.165) is 5.56 Å². The van der Waals surface area contributed by atoms with Crippen molar-refractivity contribution in [3.63, 3.8) is 0 Å². The third kappa shape index (κ3) is 4.13. The molecule has 0 aliphatic rings. The maximum Gasteiger partial charge on any atom is 0.573 e. The molecule has 0 fully saturated rings. The summed E-state index contributed by atoms with van der Waals surface area (Å²) in [5.74, 6) is 0.000303. The minimum absolute atomic E-state index is 0.0184. The molecule has 0 spiro atoms. The van der Waals surface area contributed by atoms with Crippen molar-refractivity contribution in [1.82, 2.24) is 0 Å². The highest BCUT2D eigenvalue weighted by molar-refractivity contribution is 5.46. The van der Waals surface area contributed by atoms with E-state index < -0.39 is 12.1 Å². The highest BCUT2D eigenvalue weighted by Crippen LogP contribution is 2.36. The van der Waals surface area contributed by atoms with Crippen LogP contribution in [0, 0.1) is 6.92 Å². The molecule has 0 amide bonds. The van der Waals surface area contributed by atoms with E-state index in [4.69, 9.17) is 10.5 Å². The molecule has 6 heteroatoms. The average molecular weight is 297 g/mol. The Hall–Kier alpha value is -2.21. The van der Waals surface area contributed by atoms with Crippen molar-refractivity contribution < 1.29 is 22.6 Å². The maximum atomic E-state index is 12.4. The van der Waals surface area contributed by atoms with E-state index in [-0.39, 0.29) is 12.3 Å². The summed E-state index contributed by atoms with van der Waals surface area (Å²) in [5.41, 5.74) is 7.21. The van der Waals surface area contributed by atoms with Gasteiger partial charge in [0.05, 0.1) is 0 Å². The molecule has 0 bridgehead atoms. The molecule has 0 aliphatic heterocycles. The van der Waals surface area contributed by atoms with Gasteiger partial charge >= 0.3 is 6.36 Å². The number of aryl methyl sites for hydroxylation is 1. The fourth-order valence-corrected chi connectivity index (χ4v) is 1.79. The molecule has 2 N–H and O–H groups in total. The standard InChI is InChI=1S/C15H14F3NO2/c1-10-6-7-11(9-19)14(8-10)20-12-4-2-3-5-13(12)21-15(16,17)18/h2-8H,9,19H2,1H3. The number of hydrogen-bond acceptors (Lipinski definition) is 3. The third-order valence-corrected chi connectivity index (χ3v) is 2.74. The second-order valence-electron chi connectivity index (χ2n) is 4.41. The van der Waals surface area contributed by atoms with Crippen molar-refractivity contribution in [2.45, 2.75) is 19.8 Å². The van der Waals surface area contributed by atoms with Gasteiger partial charge in [0.25, 0.3) is 0 Å². The average Bonchev–Trinajstić information content (AvgIpc) is 2.40. The summed E-state index contributed by atoms with van der Waals surface area (Å²) < 4.78 is 46.6. The number of ether oxygens (including phenoxy) is 2. The second-order valence-corrected chi connectivity index (χ2v) is 4.41. The fraction of sp³-hybridized carbons (Fsp3) is 0.200. The van der Waals surface area contributed by atoms with Crippen LogP contribution >= 0.6 is 0 Å². The van der Waals surface area contributed by atoms with E-state index in [0.29, 0.717) is 11.3 Å². The van der Waals surface area contributed by atoms with E-state index in [1.54, 1.807) is 18.2 Å². The van der Waals surface area contributed by atoms with Crippen LogP contribution in [0.2, 0.25) is 0 Å². The van der Waals surface area contributed by atoms with Crippen molar-refractivity contribution in [3.05, 3.63) is 53.6 Å². The number of para-hydroxylation sites is 2. The summed E-state index contributed by atoms with van der Waals surface area (Å²) in [6, 6.07) is 11.0. The zero-order valence-electron chi connectivity index (χ0n) is 11.3. The quantitative estimate of drug-likeness (QED) is 0.922. The van der Waals surface area contributed by atoms with E-state index in [9.17, 15) is 13.2 Å². The number of rotatable bonds is 4. The van der Waals surface area contributed by atoms with Gasteiger partial charge in [-0.15, -0.1) is 13.2 Å². The normalized spacial score (nSPS) is 11.3. The van der Waals surface area contributed by atoms with Gasteiger partial charge < -0.3 is 15.2 Å². The van der Waals surface area contributed by atoms with E-state index in [2.05, 4.69) is 4.74 Å². The molecule has 0 saturated heterocycles. The molecule has 0 heterocycles. The monoisotopic (exact) mass is 297 g/mol. The molecule has 0 atom stereocenters. The molecular formula is C15H14F3NO2. The van der Waals surface area contributed by atoms with Gasteiger partial charge in [-0.2, -0.15) is 0 Å². The topological polar surface area (TPSA) is 44.5 Å². The van der Waals surface area contributed by atoms with Gasteiger partial charge in [-0.3, -0.25) is 0 Å². The van der Waals surface area contributed by atoms with Crippen LogP contribution < -0.4 is 15.2 Å². The van der Waals surface area contributed by atoms with Gasteiger partial charge in [0.2, 0.25) is 0 Å². The molecule has 2 aromatic rings. The van der Waals surface area contributed by atoms with Crippen molar-refractivity contribution in [3.8, 4) is 17.2 Å². The van der Waals surface area contributed by atoms with Crippen LogP contribution in [0.4, 0.5) is 13.2 Å². The Balaban J connectivity index is 2.34. The number of halogens is 3. The lowest BCUT2D eigenvalue weighted by atomic mass is 10.1. The van der Waals surface area contributed by atoms with E-state index >= 15 is 0 Å². The third-order valence-electron chi connectivity index (χ3n) is 2.74. The summed E-state index contributed by atoms with van der Waals surface area (Å²) >= 11 is 0. The Kier molecular flexibility index (Phi) is 4.37. The van der Waals surface area contributed by atoms with Gasteiger partial charge in [0.15, 0.2) is 11.5 Å².